The average Bonchev–Trinajstić information content (AvgIpc) is 3.10. The van der Waals surface area contributed by atoms with Crippen LogP contribution in [-0.2, 0) is 0 Å². The van der Waals surface area contributed by atoms with E-state index in [4.69, 9.17) is 0 Å². The summed E-state index contributed by atoms with van der Waals surface area (Å²) < 4.78 is 0. The van der Waals surface area contributed by atoms with Gasteiger partial charge in [-0.3, -0.25) is 14.9 Å². The van der Waals surface area contributed by atoms with Gasteiger partial charge >= 0.3 is 0 Å². The van der Waals surface area contributed by atoms with E-state index in [0.29, 0.717) is 18.0 Å². The molecule has 84 valence electrons. The summed E-state index contributed by atoms with van der Waals surface area (Å²) >= 11 is 0. The summed E-state index contributed by atoms with van der Waals surface area (Å²) in [4.78, 5) is 21.5. The van der Waals surface area contributed by atoms with Crippen molar-refractivity contribution in [2.24, 2.45) is 5.92 Å². The zero-order chi connectivity index (χ0) is 11.5. The Balaban J connectivity index is 1.96. The largest absolute Gasteiger partial charge is 0.352 e. The van der Waals surface area contributed by atoms with Gasteiger partial charge in [0.05, 0.1) is 4.92 Å². The van der Waals surface area contributed by atoms with Gasteiger partial charge in [0, 0.05) is 24.2 Å². The molecule has 0 bridgehead atoms. The molecule has 0 unspecified atom stereocenters. The molecule has 1 aliphatic rings. The maximum Gasteiger partial charge on any atom is 0.269 e. The zero-order valence-corrected chi connectivity index (χ0v) is 8.68. The number of rotatable bonds is 4. The number of nitrogens with one attached hydrogen (secondary N) is 1. The van der Waals surface area contributed by atoms with Crippen LogP contribution in [0.15, 0.2) is 24.3 Å². The number of nitrogens with zero attached hydrogens (tertiary/aromatic N) is 1. The van der Waals surface area contributed by atoms with Gasteiger partial charge in [0.25, 0.3) is 11.6 Å². The second kappa shape index (κ2) is 4.30. The van der Waals surface area contributed by atoms with Crippen LogP contribution in [0.3, 0.4) is 0 Å². The van der Waals surface area contributed by atoms with Crippen LogP contribution in [0.4, 0.5) is 5.69 Å². The topological polar surface area (TPSA) is 72.2 Å². The lowest BCUT2D eigenvalue weighted by Gasteiger charge is -2.03. The molecular weight excluding hydrogens is 208 g/mol. The van der Waals surface area contributed by atoms with Crippen LogP contribution in [0, 0.1) is 16.0 Å². The number of carbonyl (C=O) groups is 1. The third-order valence-electron chi connectivity index (χ3n) is 2.59. The number of non-ortho nitro benzene ring substituents is 1. The van der Waals surface area contributed by atoms with Gasteiger partial charge in [-0.25, -0.2) is 0 Å². The van der Waals surface area contributed by atoms with E-state index >= 15 is 0 Å². The number of nitro groups is 1. The van der Waals surface area contributed by atoms with Gasteiger partial charge in [0.15, 0.2) is 0 Å². The van der Waals surface area contributed by atoms with Crippen LogP contribution in [0.2, 0.25) is 0 Å². The molecule has 2 rings (SSSR count). The van der Waals surface area contributed by atoms with Crippen LogP contribution in [0.25, 0.3) is 0 Å². The highest BCUT2D eigenvalue weighted by molar-refractivity contribution is 5.94. The first-order chi connectivity index (χ1) is 7.66. The van der Waals surface area contributed by atoms with Crippen molar-refractivity contribution < 1.29 is 9.72 Å². The molecular formula is C11H12N2O3. The fourth-order valence-electron chi connectivity index (χ4n) is 1.40. The molecule has 1 aromatic carbocycles. The van der Waals surface area contributed by atoms with Gasteiger partial charge in [-0.1, -0.05) is 0 Å². The Morgan fingerprint density at radius 3 is 2.50 bits per heavy atom. The second-order valence-corrected chi connectivity index (χ2v) is 3.96. The van der Waals surface area contributed by atoms with Crippen LogP contribution in [-0.4, -0.2) is 17.4 Å². The summed E-state index contributed by atoms with van der Waals surface area (Å²) in [6.07, 6.45) is 2.36. The lowest BCUT2D eigenvalue weighted by atomic mass is 10.2. The molecule has 0 spiro atoms. The molecule has 0 aromatic heterocycles. The molecule has 16 heavy (non-hydrogen) atoms. The van der Waals surface area contributed by atoms with Crippen molar-refractivity contribution in [1.29, 1.82) is 0 Å². The highest BCUT2D eigenvalue weighted by atomic mass is 16.6. The van der Waals surface area contributed by atoms with Crippen molar-refractivity contribution in [2.75, 3.05) is 6.54 Å². The Labute approximate surface area is 92.6 Å². The van der Waals surface area contributed by atoms with Gasteiger partial charge in [-0.05, 0) is 30.9 Å². The van der Waals surface area contributed by atoms with Gasteiger partial charge in [0.1, 0.15) is 0 Å². The molecule has 1 aliphatic carbocycles. The van der Waals surface area contributed by atoms with E-state index in [0.717, 1.165) is 0 Å². The second-order valence-electron chi connectivity index (χ2n) is 3.96. The predicted molar refractivity (Wildman–Crippen MR) is 58.2 cm³/mol. The van der Waals surface area contributed by atoms with Crippen LogP contribution < -0.4 is 5.32 Å². The number of benzene rings is 1. The lowest BCUT2D eigenvalue weighted by molar-refractivity contribution is -0.384. The van der Waals surface area contributed by atoms with Crippen molar-refractivity contribution in [2.45, 2.75) is 12.8 Å². The van der Waals surface area contributed by atoms with Crippen LogP contribution in [0.5, 0.6) is 0 Å². The number of nitro benzene ring substituents is 1. The summed E-state index contributed by atoms with van der Waals surface area (Å²) in [5, 5.41) is 13.2. The van der Waals surface area contributed by atoms with Crippen molar-refractivity contribution in [1.82, 2.24) is 5.32 Å². The summed E-state index contributed by atoms with van der Waals surface area (Å²) in [7, 11) is 0. The number of hydrogen-bond donors (Lipinski definition) is 1. The molecule has 0 aliphatic heterocycles. The Kier molecular flexibility index (Phi) is 2.85. The molecule has 0 heterocycles. The molecule has 1 N–H and O–H groups in total. The number of amides is 1. The maximum atomic E-state index is 11.6. The van der Waals surface area contributed by atoms with E-state index in [1.54, 1.807) is 0 Å². The first kappa shape index (κ1) is 10.6. The predicted octanol–water partition coefficient (Wildman–Crippen LogP) is 1.73. The standard InChI is InChI=1S/C11H12N2O3/c14-11(12-7-8-1-2-8)9-3-5-10(6-4-9)13(15)16/h3-6,8H,1-2,7H2,(H,12,14). The molecule has 1 saturated carbocycles. The molecule has 0 saturated heterocycles. The Morgan fingerprint density at radius 2 is 2.00 bits per heavy atom. The first-order valence-electron chi connectivity index (χ1n) is 5.19. The maximum absolute atomic E-state index is 11.6. The van der Waals surface area contributed by atoms with E-state index in [-0.39, 0.29) is 11.6 Å². The molecule has 1 amide bonds. The molecule has 5 heteroatoms. The minimum absolute atomic E-state index is 0.00116. The van der Waals surface area contributed by atoms with E-state index in [2.05, 4.69) is 5.32 Å². The minimum Gasteiger partial charge on any atom is -0.352 e. The highest BCUT2D eigenvalue weighted by Gasteiger charge is 2.21. The molecule has 1 fully saturated rings. The van der Waals surface area contributed by atoms with Crippen molar-refractivity contribution in [3.8, 4) is 0 Å². The van der Waals surface area contributed by atoms with Crippen LogP contribution >= 0.6 is 0 Å². The summed E-state index contributed by atoms with van der Waals surface area (Å²) in [5.41, 5.74) is 0.463. The first-order valence-corrected chi connectivity index (χ1v) is 5.19. The van der Waals surface area contributed by atoms with Crippen LogP contribution in [0.1, 0.15) is 23.2 Å². The zero-order valence-electron chi connectivity index (χ0n) is 8.68. The Morgan fingerprint density at radius 1 is 1.38 bits per heavy atom. The Bertz CT molecular complexity index is 410. The Hall–Kier alpha value is -1.91. The summed E-state index contributed by atoms with van der Waals surface area (Å²) in [6.45, 7) is 0.704. The normalized spacial score (nSPS) is 14.5. The fourth-order valence-corrected chi connectivity index (χ4v) is 1.40. The van der Waals surface area contributed by atoms with Crippen molar-refractivity contribution in [3.05, 3.63) is 39.9 Å². The van der Waals surface area contributed by atoms with Gasteiger partial charge in [-0.15, -0.1) is 0 Å². The molecule has 0 radical (unpaired) electrons. The minimum atomic E-state index is -0.480. The van der Waals surface area contributed by atoms with E-state index < -0.39 is 4.92 Å². The molecule has 5 nitrogen and oxygen atoms in total. The fraction of sp³-hybridized carbons (Fsp3) is 0.364. The monoisotopic (exact) mass is 220 g/mol. The third-order valence-corrected chi connectivity index (χ3v) is 2.59. The van der Waals surface area contributed by atoms with Crippen molar-refractivity contribution >= 4 is 11.6 Å². The van der Waals surface area contributed by atoms with Gasteiger partial charge in [0.2, 0.25) is 0 Å². The van der Waals surface area contributed by atoms with Crippen molar-refractivity contribution in [3.63, 3.8) is 0 Å². The van der Waals surface area contributed by atoms with E-state index in [1.165, 1.54) is 37.1 Å². The highest BCUT2D eigenvalue weighted by Crippen LogP contribution is 2.27. The number of hydrogen-bond acceptors (Lipinski definition) is 3. The smallest absolute Gasteiger partial charge is 0.269 e. The lowest BCUT2D eigenvalue weighted by Crippen LogP contribution is -2.25. The van der Waals surface area contributed by atoms with E-state index in [1.807, 2.05) is 0 Å². The summed E-state index contributed by atoms with van der Waals surface area (Å²) in [6, 6.07) is 5.62. The average molecular weight is 220 g/mol. The van der Waals surface area contributed by atoms with Gasteiger partial charge in [-0.2, -0.15) is 0 Å². The molecule has 1 aromatic rings. The third kappa shape index (κ3) is 2.56. The molecule has 0 atom stereocenters. The number of carbonyl (C=O) groups excluding carboxylic acids is 1. The van der Waals surface area contributed by atoms with Gasteiger partial charge < -0.3 is 5.32 Å². The van der Waals surface area contributed by atoms with E-state index in [9.17, 15) is 14.9 Å². The quantitative estimate of drug-likeness (QED) is 0.620. The SMILES string of the molecule is O=C(NCC1CC1)c1ccc([N+](=O)[O-])cc1. The summed E-state index contributed by atoms with van der Waals surface area (Å²) in [5.74, 6) is 0.462.